The van der Waals surface area contributed by atoms with Crippen molar-refractivity contribution < 1.29 is 14.9 Å². The molecular formula is C15H21ClO3. The molecule has 1 saturated carbocycles. The molecule has 2 rings (SSSR count). The molecule has 106 valence electrons. The monoisotopic (exact) mass is 284 g/mol. The molecular weight excluding hydrogens is 264 g/mol. The van der Waals surface area contributed by atoms with Crippen LogP contribution in [-0.2, 0) is 6.61 Å². The first-order valence-electron chi connectivity index (χ1n) is 6.89. The van der Waals surface area contributed by atoms with Gasteiger partial charge in [-0.3, -0.25) is 0 Å². The van der Waals surface area contributed by atoms with Crippen LogP contribution in [0.15, 0.2) is 18.2 Å². The quantitative estimate of drug-likeness (QED) is 0.844. The van der Waals surface area contributed by atoms with Gasteiger partial charge in [0.2, 0.25) is 0 Å². The second-order valence-corrected chi connectivity index (χ2v) is 5.68. The summed E-state index contributed by atoms with van der Waals surface area (Å²) in [5.41, 5.74) is 0.754. The maximum Gasteiger partial charge on any atom is 0.138 e. The molecule has 0 saturated heterocycles. The molecule has 0 bridgehead atoms. The lowest BCUT2D eigenvalue weighted by atomic mass is 10.0. The van der Waals surface area contributed by atoms with Gasteiger partial charge in [0.15, 0.2) is 0 Å². The van der Waals surface area contributed by atoms with E-state index >= 15 is 0 Å². The maximum atomic E-state index is 9.95. The van der Waals surface area contributed by atoms with E-state index in [0.717, 1.165) is 12.0 Å². The Morgan fingerprint density at radius 3 is 2.68 bits per heavy atom. The highest BCUT2D eigenvalue weighted by Crippen LogP contribution is 2.29. The molecule has 1 fully saturated rings. The lowest BCUT2D eigenvalue weighted by Gasteiger charge is -2.16. The summed E-state index contributed by atoms with van der Waals surface area (Å²) in [5, 5.41) is 19.4. The third-order valence-electron chi connectivity index (χ3n) is 3.69. The highest BCUT2D eigenvalue weighted by Gasteiger charge is 2.19. The summed E-state index contributed by atoms with van der Waals surface area (Å²) >= 11 is 6.04. The van der Waals surface area contributed by atoms with E-state index in [2.05, 4.69) is 0 Å². The average Bonchev–Trinajstić information content (AvgIpc) is 2.90. The van der Waals surface area contributed by atoms with Crippen LogP contribution in [-0.4, -0.2) is 22.9 Å². The second-order valence-electron chi connectivity index (χ2n) is 5.27. The Balaban J connectivity index is 1.80. The minimum Gasteiger partial charge on any atom is -0.489 e. The molecule has 1 aromatic carbocycles. The van der Waals surface area contributed by atoms with Crippen LogP contribution in [0.5, 0.6) is 5.75 Å². The standard InChI is InChI=1S/C15H21ClO3/c16-14-8-12(9-17)5-6-15(14)19-10-13(18)7-11-3-1-2-4-11/h5-6,8,11,13,17-18H,1-4,7,9-10H2. The van der Waals surface area contributed by atoms with Crippen molar-refractivity contribution in [2.45, 2.75) is 44.8 Å². The molecule has 0 heterocycles. The number of hydrogen-bond donors (Lipinski definition) is 2. The molecule has 0 radical (unpaired) electrons. The van der Waals surface area contributed by atoms with Crippen molar-refractivity contribution in [2.24, 2.45) is 5.92 Å². The fourth-order valence-corrected chi connectivity index (χ4v) is 2.90. The van der Waals surface area contributed by atoms with Crippen molar-refractivity contribution in [1.82, 2.24) is 0 Å². The van der Waals surface area contributed by atoms with Gasteiger partial charge in [-0.2, -0.15) is 0 Å². The van der Waals surface area contributed by atoms with E-state index in [9.17, 15) is 5.11 Å². The summed E-state index contributed by atoms with van der Waals surface area (Å²) < 4.78 is 5.54. The molecule has 0 amide bonds. The largest absolute Gasteiger partial charge is 0.489 e. The Morgan fingerprint density at radius 1 is 1.32 bits per heavy atom. The molecule has 1 aromatic rings. The number of halogens is 1. The van der Waals surface area contributed by atoms with Crippen molar-refractivity contribution in [1.29, 1.82) is 0 Å². The Kier molecular flexibility index (Phi) is 5.49. The van der Waals surface area contributed by atoms with E-state index in [-0.39, 0.29) is 13.2 Å². The summed E-state index contributed by atoms with van der Waals surface area (Å²) in [6.07, 6.45) is 5.40. The van der Waals surface area contributed by atoms with Gasteiger partial charge in [-0.25, -0.2) is 0 Å². The van der Waals surface area contributed by atoms with Crippen molar-refractivity contribution in [2.75, 3.05) is 6.61 Å². The van der Waals surface area contributed by atoms with E-state index in [0.29, 0.717) is 16.7 Å². The van der Waals surface area contributed by atoms with Gasteiger partial charge in [0.25, 0.3) is 0 Å². The molecule has 4 heteroatoms. The van der Waals surface area contributed by atoms with Crippen LogP contribution in [0.3, 0.4) is 0 Å². The zero-order valence-electron chi connectivity index (χ0n) is 11.0. The molecule has 0 aromatic heterocycles. The Morgan fingerprint density at radius 2 is 2.05 bits per heavy atom. The number of rotatable bonds is 6. The molecule has 1 atom stereocenters. The first kappa shape index (κ1) is 14.6. The van der Waals surface area contributed by atoms with Crippen LogP contribution in [0.4, 0.5) is 0 Å². The fourth-order valence-electron chi connectivity index (χ4n) is 2.64. The zero-order valence-corrected chi connectivity index (χ0v) is 11.8. The molecule has 1 aliphatic rings. The first-order valence-corrected chi connectivity index (χ1v) is 7.27. The lowest BCUT2D eigenvalue weighted by molar-refractivity contribution is 0.0856. The minimum atomic E-state index is -0.434. The Hall–Kier alpha value is -0.770. The number of aliphatic hydroxyl groups excluding tert-OH is 2. The van der Waals surface area contributed by atoms with Gasteiger partial charge in [0.05, 0.1) is 17.7 Å². The predicted molar refractivity (Wildman–Crippen MR) is 75.5 cm³/mol. The number of benzene rings is 1. The normalized spacial score (nSPS) is 17.6. The van der Waals surface area contributed by atoms with Crippen LogP contribution in [0.25, 0.3) is 0 Å². The summed E-state index contributed by atoms with van der Waals surface area (Å²) in [6, 6.07) is 5.18. The molecule has 1 aliphatic carbocycles. The van der Waals surface area contributed by atoms with Crippen LogP contribution in [0, 0.1) is 5.92 Å². The Labute approximate surface area is 119 Å². The molecule has 3 nitrogen and oxygen atoms in total. The van der Waals surface area contributed by atoms with Crippen LogP contribution in [0.2, 0.25) is 5.02 Å². The fraction of sp³-hybridized carbons (Fsp3) is 0.600. The molecule has 0 spiro atoms. The SMILES string of the molecule is OCc1ccc(OCC(O)CC2CCCC2)c(Cl)c1. The van der Waals surface area contributed by atoms with E-state index in [1.807, 2.05) is 0 Å². The summed E-state index contributed by atoms with van der Waals surface area (Å²) in [6.45, 7) is 0.235. The van der Waals surface area contributed by atoms with Crippen LogP contribution >= 0.6 is 11.6 Å². The smallest absolute Gasteiger partial charge is 0.138 e. The van der Waals surface area contributed by atoms with Gasteiger partial charge in [-0.15, -0.1) is 0 Å². The van der Waals surface area contributed by atoms with Crippen molar-refractivity contribution in [3.63, 3.8) is 0 Å². The van der Waals surface area contributed by atoms with Gasteiger partial charge >= 0.3 is 0 Å². The van der Waals surface area contributed by atoms with E-state index in [4.69, 9.17) is 21.4 Å². The number of aliphatic hydroxyl groups is 2. The summed E-state index contributed by atoms with van der Waals surface area (Å²) in [5.74, 6) is 1.20. The number of ether oxygens (including phenoxy) is 1. The zero-order chi connectivity index (χ0) is 13.7. The van der Waals surface area contributed by atoms with Gasteiger partial charge in [-0.05, 0) is 30.0 Å². The highest BCUT2D eigenvalue weighted by atomic mass is 35.5. The molecule has 2 N–H and O–H groups in total. The minimum absolute atomic E-state index is 0.0374. The topological polar surface area (TPSA) is 49.7 Å². The van der Waals surface area contributed by atoms with Gasteiger partial charge in [-0.1, -0.05) is 43.4 Å². The molecule has 0 aliphatic heterocycles. The van der Waals surface area contributed by atoms with Crippen molar-refractivity contribution in [3.05, 3.63) is 28.8 Å². The van der Waals surface area contributed by atoms with Crippen LogP contribution in [0.1, 0.15) is 37.7 Å². The Bertz CT molecular complexity index is 402. The predicted octanol–water partition coefficient (Wildman–Crippen LogP) is 3.15. The highest BCUT2D eigenvalue weighted by molar-refractivity contribution is 6.32. The molecule has 1 unspecified atom stereocenters. The molecule has 19 heavy (non-hydrogen) atoms. The van der Waals surface area contributed by atoms with E-state index in [1.165, 1.54) is 25.7 Å². The third-order valence-corrected chi connectivity index (χ3v) is 3.99. The second kappa shape index (κ2) is 7.13. The third kappa shape index (κ3) is 4.37. The van der Waals surface area contributed by atoms with Crippen LogP contribution < -0.4 is 4.74 Å². The first-order chi connectivity index (χ1) is 9.19. The van der Waals surface area contributed by atoms with E-state index < -0.39 is 6.10 Å². The summed E-state index contributed by atoms with van der Waals surface area (Å²) in [4.78, 5) is 0. The summed E-state index contributed by atoms with van der Waals surface area (Å²) in [7, 11) is 0. The van der Waals surface area contributed by atoms with Gasteiger partial charge in [0, 0.05) is 0 Å². The van der Waals surface area contributed by atoms with Gasteiger partial charge < -0.3 is 14.9 Å². The lowest BCUT2D eigenvalue weighted by Crippen LogP contribution is -2.20. The van der Waals surface area contributed by atoms with E-state index in [1.54, 1.807) is 18.2 Å². The average molecular weight is 285 g/mol. The van der Waals surface area contributed by atoms with Crippen molar-refractivity contribution in [3.8, 4) is 5.75 Å². The van der Waals surface area contributed by atoms with Gasteiger partial charge in [0.1, 0.15) is 12.4 Å². The maximum absolute atomic E-state index is 9.95. The number of hydrogen-bond acceptors (Lipinski definition) is 3. The van der Waals surface area contributed by atoms with Crippen molar-refractivity contribution >= 4 is 11.6 Å².